The van der Waals surface area contributed by atoms with Crippen LogP contribution in [0, 0.1) is 0 Å². The largest absolute Gasteiger partial charge is 0.484 e. The number of halogens is 3. The van der Waals surface area contributed by atoms with Crippen LogP contribution in [0.25, 0.3) is 10.9 Å². The van der Waals surface area contributed by atoms with E-state index in [1.807, 2.05) is 30.3 Å². The Balaban J connectivity index is 1.31. The number of hydrogen-bond donors (Lipinski definition) is 0. The number of pyridine rings is 1. The van der Waals surface area contributed by atoms with Gasteiger partial charge in [-0.05, 0) is 30.3 Å². The van der Waals surface area contributed by atoms with Crippen molar-refractivity contribution in [2.75, 3.05) is 19.7 Å². The predicted octanol–water partition coefficient (Wildman–Crippen LogP) is 4.31. The lowest BCUT2D eigenvalue weighted by Crippen LogP contribution is -2.34. The average molecular weight is 416 g/mol. The Morgan fingerprint density at radius 3 is 2.77 bits per heavy atom. The summed E-state index contributed by atoms with van der Waals surface area (Å²) in [5.74, 6) is 0.198. The summed E-state index contributed by atoms with van der Waals surface area (Å²) in [7, 11) is 0. The Hall–Kier alpha value is -3.29. The first kappa shape index (κ1) is 20.0. The second kappa shape index (κ2) is 8.22. The van der Waals surface area contributed by atoms with Gasteiger partial charge in [0.2, 0.25) is 5.88 Å². The van der Waals surface area contributed by atoms with Crippen LogP contribution in [0.1, 0.15) is 12.0 Å². The number of carbonyl (C=O) groups excluding carboxylic acids is 1. The number of carbonyl (C=O) groups is 1. The summed E-state index contributed by atoms with van der Waals surface area (Å²) in [6.07, 6.45) is -4.01. The van der Waals surface area contributed by atoms with E-state index in [1.165, 1.54) is 12.1 Å². The number of aromatic nitrogens is 1. The van der Waals surface area contributed by atoms with Crippen molar-refractivity contribution in [2.45, 2.75) is 18.7 Å². The van der Waals surface area contributed by atoms with E-state index in [-0.39, 0.29) is 24.4 Å². The number of alkyl halides is 3. The highest BCUT2D eigenvalue weighted by Gasteiger charge is 2.31. The van der Waals surface area contributed by atoms with Crippen molar-refractivity contribution in [3.8, 4) is 11.6 Å². The van der Waals surface area contributed by atoms with Crippen LogP contribution < -0.4 is 9.47 Å². The minimum Gasteiger partial charge on any atom is -0.484 e. The molecule has 0 aliphatic carbocycles. The van der Waals surface area contributed by atoms with Crippen LogP contribution in [-0.4, -0.2) is 41.6 Å². The van der Waals surface area contributed by atoms with Crippen molar-refractivity contribution in [3.05, 3.63) is 66.2 Å². The van der Waals surface area contributed by atoms with Gasteiger partial charge in [-0.2, -0.15) is 13.2 Å². The molecule has 3 aromatic rings. The van der Waals surface area contributed by atoms with Gasteiger partial charge in [0.05, 0.1) is 17.6 Å². The zero-order chi connectivity index (χ0) is 21.1. The van der Waals surface area contributed by atoms with E-state index >= 15 is 0 Å². The maximum absolute atomic E-state index is 12.8. The third-order valence-corrected chi connectivity index (χ3v) is 4.88. The second-order valence-electron chi connectivity index (χ2n) is 7.02. The summed E-state index contributed by atoms with van der Waals surface area (Å²) >= 11 is 0. The third kappa shape index (κ3) is 4.64. The average Bonchev–Trinajstić information content (AvgIpc) is 3.20. The fourth-order valence-electron chi connectivity index (χ4n) is 3.33. The molecule has 0 spiro atoms. The molecule has 1 unspecified atom stereocenters. The maximum atomic E-state index is 12.8. The summed E-state index contributed by atoms with van der Waals surface area (Å²) in [5, 5.41) is 1.01. The zero-order valence-electron chi connectivity index (χ0n) is 15.9. The van der Waals surface area contributed by atoms with Crippen molar-refractivity contribution in [3.63, 3.8) is 0 Å². The molecule has 1 saturated heterocycles. The van der Waals surface area contributed by atoms with Crippen LogP contribution in [0.5, 0.6) is 11.6 Å². The normalized spacial score (nSPS) is 16.6. The van der Waals surface area contributed by atoms with E-state index in [0.29, 0.717) is 25.4 Å². The standard InChI is InChI=1S/C22H19F3N2O3/c23-22(24,25)16-5-3-6-17(12-16)29-14-21(28)27-11-10-18(13-27)30-20-9-8-15-4-1-2-7-19(15)26-20/h1-9,12,18H,10-11,13-14H2. The van der Waals surface area contributed by atoms with Gasteiger partial charge in [0.15, 0.2) is 6.61 Å². The smallest absolute Gasteiger partial charge is 0.416 e. The second-order valence-corrected chi connectivity index (χ2v) is 7.02. The molecule has 2 heterocycles. The highest BCUT2D eigenvalue weighted by Crippen LogP contribution is 2.31. The van der Waals surface area contributed by atoms with Crippen LogP contribution in [0.15, 0.2) is 60.7 Å². The van der Waals surface area contributed by atoms with Gasteiger partial charge in [0.1, 0.15) is 11.9 Å². The summed E-state index contributed by atoms with van der Waals surface area (Å²) in [5.41, 5.74) is 0.0142. The van der Waals surface area contributed by atoms with E-state index in [1.54, 1.807) is 11.0 Å². The van der Waals surface area contributed by atoms with Crippen molar-refractivity contribution in [1.29, 1.82) is 0 Å². The molecule has 8 heteroatoms. The molecule has 156 valence electrons. The number of para-hydroxylation sites is 1. The van der Waals surface area contributed by atoms with E-state index in [9.17, 15) is 18.0 Å². The maximum Gasteiger partial charge on any atom is 0.416 e. The van der Waals surface area contributed by atoms with Gasteiger partial charge in [-0.3, -0.25) is 4.79 Å². The number of likely N-dealkylation sites (tertiary alicyclic amines) is 1. The van der Waals surface area contributed by atoms with Crippen molar-refractivity contribution >= 4 is 16.8 Å². The Morgan fingerprint density at radius 2 is 1.93 bits per heavy atom. The highest BCUT2D eigenvalue weighted by molar-refractivity contribution is 5.79. The Kier molecular flexibility index (Phi) is 5.48. The highest BCUT2D eigenvalue weighted by atomic mass is 19.4. The molecule has 1 atom stereocenters. The number of amides is 1. The topological polar surface area (TPSA) is 51.7 Å². The Labute approximate surface area is 171 Å². The predicted molar refractivity (Wildman–Crippen MR) is 104 cm³/mol. The summed E-state index contributed by atoms with van der Waals surface area (Å²) < 4.78 is 49.5. The summed E-state index contributed by atoms with van der Waals surface area (Å²) in [6, 6.07) is 15.9. The summed E-state index contributed by atoms with van der Waals surface area (Å²) in [6.45, 7) is 0.532. The molecule has 5 nitrogen and oxygen atoms in total. The van der Waals surface area contributed by atoms with E-state index in [4.69, 9.17) is 9.47 Å². The number of benzene rings is 2. The minimum absolute atomic E-state index is 0.00513. The van der Waals surface area contributed by atoms with Crippen LogP contribution in [-0.2, 0) is 11.0 Å². The molecule has 1 aliphatic heterocycles. The molecule has 30 heavy (non-hydrogen) atoms. The van der Waals surface area contributed by atoms with Crippen LogP contribution in [0.3, 0.4) is 0 Å². The van der Waals surface area contributed by atoms with Gasteiger partial charge < -0.3 is 14.4 Å². The fourth-order valence-corrected chi connectivity index (χ4v) is 3.33. The molecule has 1 fully saturated rings. The number of fused-ring (bicyclic) bond motifs is 1. The minimum atomic E-state index is -4.46. The van der Waals surface area contributed by atoms with E-state index in [2.05, 4.69) is 4.98 Å². The molecule has 0 radical (unpaired) electrons. The van der Waals surface area contributed by atoms with Crippen molar-refractivity contribution in [1.82, 2.24) is 9.88 Å². The molecule has 1 amide bonds. The van der Waals surface area contributed by atoms with Gasteiger partial charge in [-0.1, -0.05) is 24.3 Å². The first-order valence-electron chi connectivity index (χ1n) is 9.49. The zero-order valence-corrected chi connectivity index (χ0v) is 15.9. The van der Waals surface area contributed by atoms with Crippen LogP contribution in [0.2, 0.25) is 0 Å². The number of ether oxygens (including phenoxy) is 2. The molecular formula is C22H19F3N2O3. The third-order valence-electron chi connectivity index (χ3n) is 4.88. The first-order chi connectivity index (χ1) is 14.4. The molecule has 4 rings (SSSR count). The fraction of sp³-hybridized carbons (Fsp3) is 0.273. The summed E-state index contributed by atoms with van der Waals surface area (Å²) in [4.78, 5) is 18.4. The van der Waals surface area contributed by atoms with Crippen LogP contribution in [0.4, 0.5) is 13.2 Å². The number of rotatable bonds is 5. The van der Waals surface area contributed by atoms with Gasteiger partial charge in [-0.25, -0.2) is 4.98 Å². The Bertz CT molecular complexity index is 1050. The lowest BCUT2D eigenvalue weighted by atomic mass is 10.2. The number of nitrogens with zero attached hydrogens (tertiary/aromatic N) is 2. The molecular weight excluding hydrogens is 397 g/mol. The van der Waals surface area contributed by atoms with Gasteiger partial charge >= 0.3 is 6.18 Å². The quantitative estimate of drug-likeness (QED) is 0.622. The molecule has 2 aromatic carbocycles. The SMILES string of the molecule is O=C(COc1cccc(C(F)(F)F)c1)N1CCC(Oc2ccc3ccccc3n2)C1. The van der Waals surface area contributed by atoms with Crippen molar-refractivity contribution < 1.29 is 27.4 Å². The molecule has 1 aliphatic rings. The van der Waals surface area contributed by atoms with Crippen molar-refractivity contribution in [2.24, 2.45) is 0 Å². The molecule has 0 saturated carbocycles. The van der Waals surface area contributed by atoms with Gasteiger partial charge in [0.25, 0.3) is 5.91 Å². The molecule has 0 bridgehead atoms. The Morgan fingerprint density at radius 1 is 1.10 bits per heavy atom. The lowest BCUT2D eigenvalue weighted by molar-refractivity contribution is -0.137. The van der Waals surface area contributed by atoms with Crippen LogP contribution >= 0.6 is 0 Å². The van der Waals surface area contributed by atoms with Gasteiger partial charge in [-0.15, -0.1) is 0 Å². The van der Waals surface area contributed by atoms with E-state index in [0.717, 1.165) is 23.0 Å². The molecule has 0 N–H and O–H groups in total. The molecule has 1 aromatic heterocycles. The monoisotopic (exact) mass is 416 g/mol. The first-order valence-corrected chi connectivity index (χ1v) is 9.49. The van der Waals surface area contributed by atoms with E-state index < -0.39 is 11.7 Å². The lowest BCUT2D eigenvalue weighted by Gasteiger charge is -2.17. The van der Waals surface area contributed by atoms with Gasteiger partial charge in [0, 0.05) is 24.4 Å². The number of hydrogen-bond acceptors (Lipinski definition) is 4.